The van der Waals surface area contributed by atoms with Gasteiger partial charge in [0.1, 0.15) is 5.82 Å². The number of H-pyrrole nitrogens is 1. The zero-order chi connectivity index (χ0) is 15.7. The molecule has 0 radical (unpaired) electrons. The summed E-state index contributed by atoms with van der Waals surface area (Å²) in [6, 6.07) is 0. The van der Waals surface area contributed by atoms with Crippen LogP contribution >= 0.6 is 0 Å². The van der Waals surface area contributed by atoms with Crippen molar-refractivity contribution in [2.45, 2.75) is 32.7 Å². The van der Waals surface area contributed by atoms with Crippen LogP contribution in [0.5, 0.6) is 0 Å². The molecule has 8 heteroatoms. The van der Waals surface area contributed by atoms with Gasteiger partial charge < -0.3 is 4.90 Å². The molecule has 0 aromatic carbocycles. The van der Waals surface area contributed by atoms with E-state index in [0.717, 1.165) is 29.9 Å². The van der Waals surface area contributed by atoms with Gasteiger partial charge in [0.05, 0.1) is 6.54 Å². The molecule has 3 rings (SSSR count). The highest BCUT2D eigenvalue weighted by Crippen LogP contribution is 2.25. The average molecular weight is 303 g/mol. The highest BCUT2D eigenvalue weighted by molar-refractivity contribution is 5.79. The molecule has 0 spiro atoms. The summed E-state index contributed by atoms with van der Waals surface area (Å²) in [7, 11) is 1.69. The zero-order valence-electron chi connectivity index (χ0n) is 12.5. The number of aromatic nitrogens is 4. The Balaban J connectivity index is 1.68. The Hall–Kier alpha value is -2.51. The number of amides is 1. The fourth-order valence-corrected chi connectivity index (χ4v) is 2.76. The molecule has 2 aromatic heterocycles. The van der Waals surface area contributed by atoms with E-state index in [0.29, 0.717) is 12.2 Å². The van der Waals surface area contributed by atoms with Crippen molar-refractivity contribution in [2.24, 2.45) is 5.92 Å². The van der Waals surface area contributed by atoms with Gasteiger partial charge in [0.25, 0.3) is 0 Å². The van der Waals surface area contributed by atoms with Crippen LogP contribution in [0.4, 0.5) is 0 Å². The molecular weight excluding hydrogens is 286 g/mol. The first-order valence-electron chi connectivity index (χ1n) is 7.14. The fourth-order valence-electron chi connectivity index (χ4n) is 2.76. The van der Waals surface area contributed by atoms with E-state index in [2.05, 4.69) is 24.6 Å². The first-order chi connectivity index (χ1) is 10.5. The highest BCUT2D eigenvalue weighted by atomic mass is 16.5. The topological polar surface area (TPSA) is 105 Å². The Labute approximate surface area is 126 Å². The van der Waals surface area contributed by atoms with Crippen LogP contribution in [-0.4, -0.2) is 38.0 Å². The Kier molecular flexibility index (Phi) is 3.74. The van der Waals surface area contributed by atoms with Crippen LogP contribution in [0.25, 0.3) is 0 Å². The Bertz CT molecular complexity index is 751. The average Bonchev–Trinajstić information content (AvgIpc) is 2.91. The number of hydrogen-bond acceptors (Lipinski definition) is 6. The number of nitrogens with one attached hydrogen (secondary N) is 1. The maximum atomic E-state index is 12.5. The minimum absolute atomic E-state index is 0.0232. The summed E-state index contributed by atoms with van der Waals surface area (Å²) >= 11 is 0. The Morgan fingerprint density at radius 1 is 1.55 bits per heavy atom. The van der Waals surface area contributed by atoms with Gasteiger partial charge in [0, 0.05) is 24.9 Å². The van der Waals surface area contributed by atoms with E-state index in [1.54, 1.807) is 11.9 Å². The number of hydrogen-bond donors (Lipinski definition) is 1. The van der Waals surface area contributed by atoms with Crippen molar-refractivity contribution in [3.63, 3.8) is 0 Å². The van der Waals surface area contributed by atoms with E-state index in [4.69, 9.17) is 0 Å². The molecule has 0 saturated carbocycles. The summed E-state index contributed by atoms with van der Waals surface area (Å²) in [6.07, 6.45) is 4.01. The van der Waals surface area contributed by atoms with Crippen LogP contribution in [0.1, 0.15) is 29.3 Å². The van der Waals surface area contributed by atoms with Gasteiger partial charge in [-0.05, 0) is 31.7 Å². The summed E-state index contributed by atoms with van der Waals surface area (Å²) in [5, 5.41) is 3.57. The van der Waals surface area contributed by atoms with Crippen molar-refractivity contribution >= 4 is 5.91 Å². The molecule has 22 heavy (non-hydrogen) atoms. The third-order valence-electron chi connectivity index (χ3n) is 3.87. The van der Waals surface area contributed by atoms with E-state index in [-0.39, 0.29) is 18.4 Å². The van der Waals surface area contributed by atoms with Gasteiger partial charge in [-0.2, -0.15) is 0 Å². The molecular formula is C14H17N5O3. The van der Waals surface area contributed by atoms with E-state index in [9.17, 15) is 9.59 Å². The number of aryl methyl sites for hydroxylation is 2. The second kappa shape index (κ2) is 5.70. The second-order valence-corrected chi connectivity index (χ2v) is 5.56. The molecule has 1 unspecified atom stereocenters. The lowest BCUT2D eigenvalue weighted by Gasteiger charge is -2.26. The van der Waals surface area contributed by atoms with Gasteiger partial charge in [0.2, 0.25) is 5.91 Å². The predicted molar refractivity (Wildman–Crippen MR) is 75.9 cm³/mol. The van der Waals surface area contributed by atoms with Crippen molar-refractivity contribution in [2.75, 3.05) is 7.05 Å². The SMILES string of the molecule is Cc1ncc2c(n1)CCC(C(=O)N(C)Cc1noc(=O)[nH]1)C2. The van der Waals surface area contributed by atoms with Crippen molar-refractivity contribution < 1.29 is 9.32 Å². The summed E-state index contributed by atoms with van der Waals surface area (Å²) in [5.74, 6) is 0.416. The summed E-state index contributed by atoms with van der Waals surface area (Å²) in [6.45, 7) is 2.09. The quantitative estimate of drug-likeness (QED) is 0.870. The van der Waals surface area contributed by atoms with Gasteiger partial charge >= 0.3 is 5.76 Å². The Morgan fingerprint density at radius 2 is 2.36 bits per heavy atom. The molecule has 1 aliphatic carbocycles. The van der Waals surface area contributed by atoms with Gasteiger partial charge in [0.15, 0.2) is 5.82 Å². The Morgan fingerprint density at radius 3 is 3.09 bits per heavy atom. The summed E-state index contributed by atoms with van der Waals surface area (Å²) < 4.78 is 4.43. The van der Waals surface area contributed by atoms with Crippen molar-refractivity contribution in [3.8, 4) is 0 Å². The number of fused-ring (bicyclic) bond motifs is 1. The lowest BCUT2D eigenvalue weighted by Crippen LogP contribution is -2.36. The van der Waals surface area contributed by atoms with Gasteiger partial charge in [-0.1, -0.05) is 5.16 Å². The predicted octanol–water partition coefficient (Wildman–Crippen LogP) is 0.225. The van der Waals surface area contributed by atoms with Crippen LogP contribution in [0.3, 0.4) is 0 Å². The van der Waals surface area contributed by atoms with Crippen LogP contribution in [0, 0.1) is 12.8 Å². The fraction of sp³-hybridized carbons (Fsp3) is 0.500. The molecule has 1 amide bonds. The zero-order valence-corrected chi connectivity index (χ0v) is 12.5. The minimum Gasteiger partial charge on any atom is -0.338 e. The van der Waals surface area contributed by atoms with Gasteiger partial charge in [-0.15, -0.1) is 0 Å². The molecule has 1 N–H and O–H groups in total. The summed E-state index contributed by atoms with van der Waals surface area (Å²) in [5.41, 5.74) is 2.08. The summed E-state index contributed by atoms with van der Waals surface area (Å²) in [4.78, 5) is 36.0. The van der Waals surface area contributed by atoms with E-state index in [1.807, 2.05) is 13.1 Å². The number of carbonyl (C=O) groups is 1. The number of rotatable bonds is 3. The molecule has 0 bridgehead atoms. The lowest BCUT2D eigenvalue weighted by molar-refractivity contribution is -0.135. The molecule has 1 aliphatic rings. The number of aromatic amines is 1. The smallest absolute Gasteiger partial charge is 0.338 e. The van der Waals surface area contributed by atoms with Crippen molar-refractivity contribution in [1.29, 1.82) is 0 Å². The van der Waals surface area contributed by atoms with Crippen LogP contribution < -0.4 is 5.76 Å². The molecule has 0 aliphatic heterocycles. The van der Waals surface area contributed by atoms with Crippen molar-refractivity contribution in [3.05, 3.63) is 39.7 Å². The van der Waals surface area contributed by atoms with E-state index in [1.165, 1.54) is 0 Å². The molecule has 8 nitrogen and oxygen atoms in total. The maximum absolute atomic E-state index is 12.5. The van der Waals surface area contributed by atoms with Crippen LogP contribution in [0.2, 0.25) is 0 Å². The van der Waals surface area contributed by atoms with E-state index >= 15 is 0 Å². The normalized spacial score (nSPS) is 17.1. The van der Waals surface area contributed by atoms with Crippen LogP contribution in [0.15, 0.2) is 15.5 Å². The standard InChI is InChI=1S/C14H17N5O3/c1-8-15-6-10-5-9(3-4-11(10)16-8)13(20)19(2)7-12-17-14(21)22-18-12/h6,9H,3-5,7H2,1-2H3,(H,17,18,21). The molecule has 0 saturated heterocycles. The number of carbonyl (C=O) groups excluding carboxylic acids is 1. The van der Waals surface area contributed by atoms with Gasteiger partial charge in [-0.25, -0.2) is 14.8 Å². The first kappa shape index (κ1) is 14.4. The van der Waals surface area contributed by atoms with Crippen LogP contribution in [-0.2, 0) is 24.2 Å². The molecule has 0 fully saturated rings. The molecule has 2 heterocycles. The van der Waals surface area contributed by atoms with Crippen molar-refractivity contribution in [1.82, 2.24) is 25.0 Å². The monoisotopic (exact) mass is 303 g/mol. The first-order valence-corrected chi connectivity index (χ1v) is 7.14. The third kappa shape index (κ3) is 2.90. The number of nitrogens with zero attached hydrogens (tertiary/aromatic N) is 4. The molecule has 2 aromatic rings. The molecule has 1 atom stereocenters. The van der Waals surface area contributed by atoms with Gasteiger partial charge in [-0.3, -0.25) is 14.3 Å². The second-order valence-electron chi connectivity index (χ2n) is 5.56. The van der Waals surface area contributed by atoms with E-state index < -0.39 is 5.76 Å². The highest BCUT2D eigenvalue weighted by Gasteiger charge is 2.28. The maximum Gasteiger partial charge on any atom is 0.438 e. The molecule has 116 valence electrons. The largest absolute Gasteiger partial charge is 0.438 e. The third-order valence-corrected chi connectivity index (χ3v) is 3.87. The lowest BCUT2D eigenvalue weighted by atomic mass is 9.86. The minimum atomic E-state index is -0.616.